The normalized spacial score (nSPS) is 13.8. The number of alkyl halides is 3. The number of halogens is 3. The summed E-state index contributed by atoms with van der Waals surface area (Å²) in [6.45, 7) is 3.22. The molecule has 0 unspecified atom stereocenters. The number of anilines is 1. The average Bonchev–Trinajstić information content (AvgIpc) is 3.14. The van der Waals surface area contributed by atoms with Crippen LogP contribution in [0.25, 0.3) is 0 Å². The number of esters is 1. The van der Waals surface area contributed by atoms with Gasteiger partial charge in [-0.1, -0.05) is 12.1 Å². The molecule has 2 aromatic rings. The number of rotatable bonds is 5. The third-order valence-electron chi connectivity index (χ3n) is 3.90. The maximum Gasteiger partial charge on any atom is 0.393 e. The Hall–Kier alpha value is -2.09. The van der Waals surface area contributed by atoms with Crippen molar-refractivity contribution in [3.05, 3.63) is 45.4 Å². The number of hydrogen-bond acceptors (Lipinski definition) is 5. The highest BCUT2D eigenvalue weighted by Crippen LogP contribution is 2.33. The van der Waals surface area contributed by atoms with E-state index < -0.39 is 18.6 Å². The highest BCUT2D eigenvalue weighted by atomic mass is 32.1. The lowest BCUT2D eigenvalue weighted by Crippen LogP contribution is -2.20. The third kappa shape index (κ3) is 4.31. The zero-order valence-corrected chi connectivity index (χ0v) is 14.4. The van der Waals surface area contributed by atoms with Gasteiger partial charge in [0.2, 0.25) is 0 Å². The second-order valence-electron chi connectivity index (χ2n) is 5.77. The number of carbonyl (C=O) groups is 1. The molecule has 25 heavy (non-hydrogen) atoms. The Morgan fingerprint density at radius 1 is 1.40 bits per heavy atom. The Labute approximate surface area is 147 Å². The molecule has 0 N–H and O–H groups in total. The Kier molecular flexibility index (Phi) is 4.99. The molecule has 1 aliphatic heterocycles. The molecule has 8 heteroatoms. The molecule has 0 amide bonds. The summed E-state index contributed by atoms with van der Waals surface area (Å²) in [5.74, 6) is -0.402. The van der Waals surface area contributed by atoms with Crippen molar-refractivity contribution in [3.8, 4) is 0 Å². The maximum absolute atomic E-state index is 12.6. The summed E-state index contributed by atoms with van der Waals surface area (Å²) in [5.41, 5.74) is 2.10. The van der Waals surface area contributed by atoms with Crippen LogP contribution in [-0.4, -0.2) is 30.3 Å². The summed E-state index contributed by atoms with van der Waals surface area (Å²) in [5, 5.41) is 0.733. The van der Waals surface area contributed by atoms with Crippen molar-refractivity contribution in [1.29, 1.82) is 0 Å². The smallest absolute Gasteiger partial charge is 0.393 e. The van der Waals surface area contributed by atoms with Gasteiger partial charge in [-0.25, -0.2) is 9.78 Å². The second kappa shape index (κ2) is 7.03. The van der Waals surface area contributed by atoms with E-state index >= 15 is 0 Å². The number of fused-ring (bicyclic) bond motifs is 1. The Morgan fingerprint density at radius 3 is 2.92 bits per heavy atom. The summed E-state index contributed by atoms with van der Waals surface area (Å²) >= 11 is 1.25. The van der Waals surface area contributed by atoms with Gasteiger partial charge in [0, 0.05) is 12.2 Å². The van der Waals surface area contributed by atoms with Gasteiger partial charge in [-0.2, -0.15) is 13.2 Å². The van der Waals surface area contributed by atoms with Crippen molar-refractivity contribution in [2.45, 2.75) is 32.5 Å². The summed E-state index contributed by atoms with van der Waals surface area (Å²) in [7, 11) is 0. The highest BCUT2D eigenvalue weighted by Gasteiger charge is 2.29. The van der Waals surface area contributed by atoms with E-state index in [0.29, 0.717) is 18.0 Å². The largest absolute Gasteiger partial charge is 0.462 e. The van der Waals surface area contributed by atoms with E-state index in [1.54, 1.807) is 19.1 Å². The Bertz CT molecular complexity index is 773. The second-order valence-corrected chi connectivity index (χ2v) is 6.88. The monoisotopic (exact) mass is 370 g/mol. The van der Waals surface area contributed by atoms with E-state index in [1.807, 2.05) is 4.90 Å². The van der Waals surface area contributed by atoms with Crippen LogP contribution < -0.4 is 4.90 Å². The number of thiazole rings is 1. The quantitative estimate of drug-likeness (QED) is 0.747. The zero-order chi connectivity index (χ0) is 18.0. The van der Waals surface area contributed by atoms with Gasteiger partial charge < -0.3 is 9.64 Å². The fourth-order valence-electron chi connectivity index (χ4n) is 2.84. The van der Waals surface area contributed by atoms with Crippen LogP contribution in [0.1, 0.15) is 32.7 Å². The molecule has 4 nitrogen and oxygen atoms in total. The minimum atomic E-state index is -4.22. The van der Waals surface area contributed by atoms with E-state index in [0.717, 1.165) is 29.2 Å². The molecule has 0 saturated heterocycles. The Balaban J connectivity index is 1.74. The van der Waals surface area contributed by atoms with Crippen LogP contribution in [0.4, 0.5) is 18.9 Å². The van der Waals surface area contributed by atoms with Crippen LogP contribution in [0.5, 0.6) is 0 Å². The molecule has 0 spiro atoms. The lowest BCUT2D eigenvalue weighted by atomic mass is 10.1. The number of hydrogen-bond donors (Lipinski definition) is 0. The van der Waals surface area contributed by atoms with E-state index in [9.17, 15) is 18.0 Å². The molecule has 1 aliphatic rings. The summed E-state index contributed by atoms with van der Waals surface area (Å²) in [6.07, 6.45) is -2.88. The van der Waals surface area contributed by atoms with Crippen LogP contribution >= 0.6 is 11.3 Å². The average molecular weight is 370 g/mol. The first kappa shape index (κ1) is 17.7. The van der Waals surface area contributed by atoms with Gasteiger partial charge in [0.15, 0.2) is 0 Å². The number of aromatic nitrogens is 1. The molecular weight excluding hydrogens is 353 g/mol. The van der Waals surface area contributed by atoms with Crippen LogP contribution in [-0.2, 0) is 24.1 Å². The first-order chi connectivity index (χ1) is 11.9. The van der Waals surface area contributed by atoms with E-state index in [4.69, 9.17) is 4.74 Å². The van der Waals surface area contributed by atoms with E-state index in [-0.39, 0.29) is 5.56 Å². The van der Waals surface area contributed by atoms with Gasteiger partial charge in [-0.3, -0.25) is 0 Å². The molecular formula is C17H17F3N2O2S. The van der Waals surface area contributed by atoms with Crippen LogP contribution in [0.2, 0.25) is 0 Å². The fourth-order valence-corrected chi connectivity index (χ4v) is 3.67. The van der Waals surface area contributed by atoms with Gasteiger partial charge in [-0.05, 0) is 30.5 Å². The van der Waals surface area contributed by atoms with Crippen molar-refractivity contribution in [2.75, 3.05) is 18.1 Å². The van der Waals surface area contributed by atoms with Crippen LogP contribution in [0.15, 0.2) is 24.4 Å². The molecule has 1 aromatic carbocycles. The third-order valence-corrected chi connectivity index (χ3v) is 4.86. The predicted octanol–water partition coefficient (Wildman–Crippen LogP) is 3.99. The molecule has 0 radical (unpaired) electrons. The number of carbonyl (C=O) groups excluding carboxylic acids is 1. The topological polar surface area (TPSA) is 42.4 Å². The van der Waals surface area contributed by atoms with Crippen molar-refractivity contribution >= 4 is 23.0 Å². The number of ether oxygens (including phenoxy) is 1. The lowest BCUT2D eigenvalue weighted by Gasteiger charge is -2.19. The molecule has 1 aromatic heterocycles. The summed E-state index contributed by atoms with van der Waals surface area (Å²) in [4.78, 5) is 18.4. The summed E-state index contributed by atoms with van der Waals surface area (Å²) in [6, 6.07) is 4.91. The first-order valence-corrected chi connectivity index (χ1v) is 8.72. The fraction of sp³-hybridized carbons (Fsp3) is 0.412. The van der Waals surface area contributed by atoms with Gasteiger partial charge in [-0.15, -0.1) is 11.3 Å². The highest BCUT2D eigenvalue weighted by molar-refractivity contribution is 7.13. The number of benzene rings is 1. The standard InChI is InChI=1S/C17H17F3N2O2S/c1-2-24-16(23)14-9-21-15(25-14)10-22-6-5-12-4-3-11(7-13(12)22)8-17(18,19)20/h3-4,7,9H,2,5-6,8,10H2,1H3. The van der Waals surface area contributed by atoms with Gasteiger partial charge in [0.25, 0.3) is 0 Å². The van der Waals surface area contributed by atoms with Crippen molar-refractivity contribution in [2.24, 2.45) is 0 Å². The maximum atomic E-state index is 12.6. The molecule has 134 valence electrons. The molecule has 0 bridgehead atoms. The van der Waals surface area contributed by atoms with E-state index in [2.05, 4.69) is 4.98 Å². The number of nitrogens with zero attached hydrogens (tertiary/aromatic N) is 2. The van der Waals surface area contributed by atoms with E-state index in [1.165, 1.54) is 23.6 Å². The predicted molar refractivity (Wildman–Crippen MR) is 89.0 cm³/mol. The van der Waals surface area contributed by atoms with Crippen molar-refractivity contribution < 1.29 is 22.7 Å². The van der Waals surface area contributed by atoms with Crippen molar-refractivity contribution in [3.63, 3.8) is 0 Å². The molecule has 0 fully saturated rings. The molecule has 2 heterocycles. The minimum Gasteiger partial charge on any atom is -0.462 e. The molecule has 3 rings (SSSR count). The molecule has 0 aliphatic carbocycles. The first-order valence-electron chi connectivity index (χ1n) is 7.91. The molecule has 0 atom stereocenters. The van der Waals surface area contributed by atoms with Gasteiger partial charge in [0.1, 0.15) is 9.88 Å². The SMILES string of the molecule is CCOC(=O)c1cnc(CN2CCc3ccc(CC(F)(F)F)cc32)s1. The molecule has 0 saturated carbocycles. The lowest BCUT2D eigenvalue weighted by molar-refractivity contribution is -0.127. The minimum absolute atomic E-state index is 0.254. The Morgan fingerprint density at radius 2 is 2.20 bits per heavy atom. The zero-order valence-electron chi connectivity index (χ0n) is 13.6. The summed E-state index contributed by atoms with van der Waals surface area (Å²) < 4.78 is 42.8. The van der Waals surface area contributed by atoms with Gasteiger partial charge >= 0.3 is 12.1 Å². The van der Waals surface area contributed by atoms with Crippen molar-refractivity contribution in [1.82, 2.24) is 4.98 Å². The van der Waals surface area contributed by atoms with Gasteiger partial charge in [0.05, 0.1) is 25.8 Å². The van der Waals surface area contributed by atoms with Crippen LogP contribution in [0.3, 0.4) is 0 Å². The van der Waals surface area contributed by atoms with Crippen LogP contribution in [0, 0.1) is 0 Å².